The third kappa shape index (κ3) is 1.19. The summed E-state index contributed by atoms with van der Waals surface area (Å²) in [5.41, 5.74) is 1.39. The van der Waals surface area contributed by atoms with Crippen molar-refractivity contribution in [3.8, 4) is 0 Å². The molecule has 14 heavy (non-hydrogen) atoms. The topological polar surface area (TPSA) is 20.2 Å². The van der Waals surface area contributed by atoms with E-state index < -0.39 is 0 Å². The second-order valence-corrected chi connectivity index (χ2v) is 5.01. The van der Waals surface area contributed by atoms with Crippen LogP contribution in [-0.4, -0.2) is 11.2 Å². The molecule has 0 saturated heterocycles. The average molecular weight is 190 g/mol. The molecule has 0 radical (unpaired) electrons. The molecule has 0 heterocycles. The van der Waals surface area contributed by atoms with E-state index in [0.29, 0.717) is 11.8 Å². The summed E-state index contributed by atoms with van der Waals surface area (Å²) in [7, 11) is 0. The molecular formula is C13H18O. The molecule has 1 heteroatoms. The Kier molecular flexibility index (Phi) is 2.15. The van der Waals surface area contributed by atoms with Gasteiger partial charge in [0.25, 0.3) is 0 Å². The minimum atomic E-state index is -0.160. The van der Waals surface area contributed by atoms with Crippen molar-refractivity contribution < 1.29 is 5.11 Å². The Labute approximate surface area is 85.8 Å². The molecule has 1 nitrogen and oxygen atoms in total. The first-order valence-corrected chi connectivity index (χ1v) is 5.28. The van der Waals surface area contributed by atoms with Gasteiger partial charge in [0.15, 0.2) is 0 Å². The van der Waals surface area contributed by atoms with Crippen LogP contribution in [0.1, 0.15) is 32.3 Å². The molecule has 0 amide bonds. The van der Waals surface area contributed by atoms with Crippen LogP contribution in [-0.2, 0) is 0 Å². The van der Waals surface area contributed by atoms with E-state index in [4.69, 9.17) is 0 Å². The number of rotatable bonds is 1. The van der Waals surface area contributed by atoms with Crippen molar-refractivity contribution >= 4 is 0 Å². The maximum atomic E-state index is 9.88. The van der Waals surface area contributed by atoms with Crippen molar-refractivity contribution in [2.45, 2.75) is 32.8 Å². The fourth-order valence-electron chi connectivity index (χ4n) is 3.00. The molecule has 3 unspecified atom stereocenters. The molecule has 0 aliphatic heterocycles. The first-order chi connectivity index (χ1) is 6.55. The van der Waals surface area contributed by atoms with Gasteiger partial charge in [0.1, 0.15) is 0 Å². The van der Waals surface area contributed by atoms with Crippen molar-refractivity contribution in [1.29, 1.82) is 0 Å². The highest BCUT2D eigenvalue weighted by Gasteiger charge is 2.53. The Bertz CT molecular complexity index is 315. The Balaban J connectivity index is 2.29. The van der Waals surface area contributed by atoms with E-state index in [1.807, 2.05) is 6.07 Å². The number of hydrogen-bond acceptors (Lipinski definition) is 1. The normalized spacial score (nSPS) is 35.0. The molecule has 0 bridgehead atoms. The van der Waals surface area contributed by atoms with Gasteiger partial charge in [-0.1, -0.05) is 51.1 Å². The van der Waals surface area contributed by atoms with Gasteiger partial charge in [-0.2, -0.15) is 0 Å². The van der Waals surface area contributed by atoms with Gasteiger partial charge in [-0.15, -0.1) is 0 Å². The third-order valence-electron chi connectivity index (χ3n) is 3.75. The minimum Gasteiger partial charge on any atom is -0.392 e. The molecule has 1 aliphatic carbocycles. The summed E-state index contributed by atoms with van der Waals surface area (Å²) in [6.07, 6.45) is -0.160. The van der Waals surface area contributed by atoms with Crippen LogP contribution in [0.4, 0.5) is 0 Å². The molecule has 1 aliphatic rings. The summed E-state index contributed by atoms with van der Waals surface area (Å²) in [5.74, 6) is 0.881. The van der Waals surface area contributed by atoms with Crippen LogP contribution in [0.15, 0.2) is 30.3 Å². The van der Waals surface area contributed by atoms with E-state index >= 15 is 0 Å². The summed E-state index contributed by atoms with van der Waals surface area (Å²) in [4.78, 5) is 0. The second kappa shape index (κ2) is 3.09. The molecule has 76 valence electrons. The number of aliphatic hydroxyl groups is 1. The Morgan fingerprint density at radius 3 is 2.21 bits per heavy atom. The highest BCUT2D eigenvalue weighted by atomic mass is 16.3. The average Bonchev–Trinajstić information content (AvgIpc) is 2.18. The third-order valence-corrected chi connectivity index (χ3v) is 3.75. The molecule has 1 aromatic carbocycles. The Morgan fingerprint density at radius 2 is 1.71 bits per heavy atom. The van der Waals surface area contributed by atoms with Crippen LogP contribution in [0.3, 0.4) is 0 Å². The quantitative estimate of drug-likeness (QED) is 0.722. The van der Waals surface area contributed by atoms with E-state index in [-0.39, 0.29) is 11.5 Å². The maximum absolute atomic E-state index is 9.88. The standard InChI is InChI=1S/C13H18O/c1-9-11(13(2,3)12(9)14)10-7-5-4-6-8-10/h4-9,11-12,14H,1-3H3. The molecule has 0 spiro atoms. The minimum absolute atomic E-state index is 0.0285. The lowest BCUT2D eigenvalue weighted by Gasteiger charge is -2.55. The molecule has 0 aromatic heterocycles. The van der Waals surface area contributed by atoms with Crippen LogP contribution in [0, 0.1) is 11.3 Å². The smallest absolute Gasteiger partial charge is 0.0628 e. The van der Waals surface area contributed by atoms with Crippen molar-refractivity contribution in [1.82, 2.24) is 0 Å². The van der Waals surface area contributed by atoms with Gasteiger partial charge < -0.3 is 5.11 Å². The second-order valence-electron chi connectivity index (χ2n) is 5.01. The maximum Gasteiger partial charge on any atom is 0.0628 e. The summed E-state index contributed by atoms with van der Waals surface area (Å²) in [6, 6.07) is 10.5. The summed E-state index contributed by atoms with van der Waals surface area (Å²) in [5, 5.41) is 9.88. The van der Waals surface area contributed by atoms with Gasteiger partial charge in [0, 0.05) is 0 Å². The van der Waals surface area contributed by atoms with Crippen LogP contribution in [0.5, 0.6) is 0 Å². The van der Waals surface area contributed by atoms with Gasteiger partial charge in [0.05, 0.1) is 6.10 Å². The number of benzene rings is 1. The lowest BCUT2D eigenvalue weighted by atomic mass is 9.52. The monoisotopic (exact) mass is 190 g/mol. The van der Waals surface area contributed by atoms with Crippen LogP contribution < -0.4 is 0 Å². The lowest BCUT2D eigenvalue weighted by molar-refractivity contribution is -0.115. The fourth-order valence-corrected chi connectivity index (χ4v) is 3.00. The summed E-state index contributed by atoms with van der Waals surface area (Å²) >= 11 is 0. The van der Waals surface area contributed by atoms with E-state index in [1.54, 1.807) is 0 Å². The fraction of sp³-hybridized carbons (Fsp3) is 0.538. The zero-order valence-electron chi connectivity index (χ0n) is 9.07. The highest BCUT2D eigenvalue weighted by molar-refractivity contribution is 5.28. The van der Waals surface area contributed by atoms with Crippen molar-refractivity contribution in [2.75, 3.05) is 0 Å². The van der Waals surface area contributed by atoms with E-state index in [9.17, 15) is 5.11 Å². The predicted octanol–water partition coefficient (Wildman–Crippen LogP) is 2.81. The van der Waals surface area contributed by atoms with Crippen LogP contribution in [0.2, 0.25) is 0 Å². The summed E-state index contributed by atoms with van der Waals surface area (Å²) in [6.45, 7) is 6.43. The van der Waals surface area contributed by atoms with Gasteiger partial charge in [-0.05, 0) is 22.8 Å². The Morgan fingerprint density at radius 1 is 1.14 bits per heavy atom. The van der Waals surface area contributed by atoms with Gasteiger partial charge in [0.2, 0.25) is 0 Å². The van der Waals surface area contributed by atoms with Gasteiger partial charge in [-0.25, -0.2) is 0 Å². The number of aliphatic hydroxyl groups excluding tert-OH is 1. The van der Waals surface area contributed by atoms with Crippen molar-refractivity contribution in [3.63, 3.8) is 0 Å². The molecule has 1 N–H and O–H groups in total. The van der Waals surface area contributed by atoms with E-state index in [0.717, 1.165) is 0 Å². The zero-order chi connectivity index (χ0) is 10.3. The molecule has 1 aromatic rings. The van der Waals surface area contributed by atoms with Crippen molar-refractivity contribution in [3.05, 3.63) is 35.9 Å². The molecule has 3 atom stereocenters. The largest absolute Gasteiger partial charge is 0.392 e. The van der Waals surface area contributed by atoms with E-state index in [1.165, 1.54) is 5.56 Å². The highest BCUT2D eigenvalue weighted by Crippen LogP contribution is 2.56. The molecule has 1 fully saturated rings. The first kappa shape index (κ1) is 9.72. The molecular weight excluding hydrogens is 172 g/mol. The summed E-state index contributed by atoms with van der Waals surface area (Å²) < 4.78 is 0. The van der Waals surface area contributed by atoms with Crippen molar-refractivity contribution in [2.24, 2.45) is 11.3 Å². The van der Waals surface area contributed by atoms with Gasteiger partial charge >= 0.3 is 0 Å². The van der Waals surface area contributed by atoms with Crippen LogP contribution >= 0.6 is 0 Å². The Hall–Kier alpha value is -0.820. The van der Waals surface area contributed by atoms with Gasteiger partial charge in [-0.3, -0.25) is 0 Å². The predicted molar refractivity (Wildman–Crippen MR) is 58.1 cm³/mol. The lowest BCUT2D eigenvalue weighted by Crippen LogP contribution is -2.54. The molecule has 1 saturated carbocycles. The SMILES string of the molecule is CC1C(O)C(C)(C)C1c1ccccc1. The zero-order valence-corrected chi connectivity index (χ0v) is 9.07. The van der Waals surface area contributed by atoms with Crippen LogP contribution in [0.25, 0.3) is 0 Å². The number of hydrogen-bond donors (Lipinski definition) is 1. The molecule has 2 rings (SSSR count). The first-order valence-electron chi connectivity index (χ1n) is 5.28. The van der Waals surface area contributed by atoms with E-state index in [2.05, 4.69) is 45.0 Å².